The van der Waals surface area contributed by atoms with Crippen LogP contribution in [0.25, 0.3) is 0 Å². The summed E-state index contributed by atoms with van der Waals surface area (Å²) in [5.41, 5.74) is 6.95. The Labute approximate surface area is 109 Å². The van der Waals surface area contributed by atoms with E-state index in [1.54, 1.807) is 24.3 Å². The molecule has 0 fully saturated rings. The summed E-state index contributed by atoms with van der Waals surface area (Å²) in [6.07, 6.45) is 0. The number of nitrogens with two attached hydrogens (primary N) is 1. The molecule has 2 aromatic rings. The predicted octanol–water partition coefficient (Wildman–Crippen LogP) is 2.24. The first-order valence-electron chi connectivity index (χ1n) is 5.67. The summed E-state index contributed by atoms with van der Waals surface area (Å²) in [7, 11) is 0. The average molecular weight is 260 g/mol. The van der Waals surface area contributed by atoms with Crippen LogP contribution in [0.3, 0.4) is 0 Å². The van der Waals surface area contributed by atoms with E-state index in [4.69, 9.17) is 5.73 Å². The summed E-state index contributed by atoms with van der Waals surface area (Å²) < 4.78 is 13.1. The highest BCUT2D eigenvalue weighted by Gasteiger charge is 2.02. The zero-order valence-corrected chi connectivity index (χ0v) is 10.1. The number of rotatable bonds is 4. The molecule has 0 spiro atoms. The summed E-state index contributed by atoms with van der Waals surface area (Å²) in [4.78, 5) is 10.9. The van der Waals surface area contributed by atoms with Gasteiger partial charge in [0.15, 0.2) is 0 Å². The second-order valence-electron chi connectivity index (χ2n) is 4.11. The number of aromatic hydroxyl groups is 1. The molecule has 4 N–H and O–H groups in total. The van der Waals surface area contributed by atoms with Crippen LogP contribution in [0.5, 0.6) is 5.75 Å². The Hall–Kier alpha value is -2.56. The van der Waals surface area contributed by atoms with Crippen molar-refractivity contribution in [3.8, 4) is 5.75 Å². The van der Waals surface area contributed by atoms with Crippen molar-refractivity contribution in [3.05, 3.63) is 59.4 Å². The lowest BCUT2D eigenvalue weighted by Crippen LogP contribution is -2.10. The third-order valence-corrected chi connectivity index (χ3v) is 2.61. The number of halogens is 1. The SMILES string of the molecule is NC(=O)c1ccc(NCc2cc(O)cc(F)c2)cc1. The van der Waals surface area contributed by atoms with Gasteiger partial charge in [-0.1, -0.05) is 0 Å². The molecule has 98 valence electrons. The fourth-order valence-electron chi connectivity index (χ4n) is 1.69. The standard InChI is InChI=1S/C14H13FN2O2/c15-11-5-9(6-13(18)7-11)8-17-12-3-1-10(2-4-12)14(16)19/h1-7,17-18H,8H2,(H2,16,19). The van der Waals surface area contributed by atoms with Crippen molar-refractivity contribution in [1.82, 2.24) is 0 Å². The number of benzene rings is 2. The highest BCUT2D eigenvalue weighted by Crippen LogP contribution is 2.16. The van der Waals surface area contributed by atoms with Gasteiger partial charge in [0, 0.05) is 23.9 Å². The van der Waals surface area contributed by atoms with E-state index in [9.17, 15) is 14.3 Å². The van der Waals surface area contributed by atoms with Crippen molar-refractivity contribution in [1.29, 1.82) is 0 Å². The van der Waals surface area contributed by atoms with Crippen molar-refractivity contribution < 1.29 is 14.3 Å². The lowest BCUT2D eigenvalue weighted by molar-refractivity contribution is 0.100. The van der Waals surface area contributed by atoms with E-state index in [1.165, 1.54) is 12.1 Å². The Morgan fingerprint density at radius 3 is 2.47 bits per heavy atom. The molecule has 5 heteroatoms. The van der Waals surface area contributed by atoms with Gasteiger partial charge in [-0.15, -0.1) is 0 Å². The molecule has 0 aliphatic rings. The van der Waals surface area contributed by atoms with Crippen molar-refractivity contribution in [2.45, 2.75) is 6.54 Å². The highest BCUT2D eigenvalue weighted by atomic mass is 19.1. The number of carbonyl (C=O) groups excluding carboxylic acids is 1. The fraction of sp³-hybridized carbons (Fsp3) is 0.0714. The number of phenols is 1. The van der Waals surface area contributed by atoms with Crippen molar-refractivity contribution in [3.63, 3.8) is 0 Å². The van der Waals surface area contributed by atoms with Gasteiger partial charge in [-0.3, -0.25) is 4.79 Å². The van der Waals surface area contributed by atoms with Crippen LogP contribution in [0.1, 0.15) is 15.9 Å². The molecule has 0 aliphatic carbocycles. The van der Waals surface area contributed by atoms with E-state index in [-0.39, 0.29) is 5.75 Å². The molecule has 0 radical (unpaired) electrons. The van der Waals surface area contributed by atoms with Gasteiger partial charge in [-0.25, -0.2) is 4.39 Å². The van der Waals surface area contributed by atoms with Gasteiger partial charge in [0.1, 0.15) is 11.6 Å². The minimum Gasteiger partial charge on any atom is -0.508 e. The Kier molecular flexibility index (Phi) is 3.66. The van der Waals surface area contributed by atoms with Crippen LogP contribution >= 0.6 is 0 Å². The van der Waals surface area contributed by atoms with Crippen LogP contribution in [0, 0.1) is 5.82 Å². The number of primary amides is 1. The van der Waals surface area contributed by atoms with Gasteiger partial charge < -0.3 is 16.2 Å². The van der Waals surface area contributed by atoms with E-state index in [0.29, 0.717) is 17.7 Å². The maximum absolute atomic E-state index is 13.1. The summed E-state index contributed by atoms with van der Waals surface area (Å²) in [5.74, 6) is -1.08. The first-order valence-corrected chi connectivity index (χ1v) is 5.67. The lowest BCUT2D eigenvalue weighted by atomic mass is 10.1. The normalized spacial score (nSPS) is 10.2. The van der Waals surface area contributed by atoms with Gasteiger partial charge in [-0.2, -0.15) is 0 Å². The third kappa shape index (κ3) is 3.45. The Balaban J connectivity index is 2.03. The second-order valence-corrected chi connectivity index (χ2v) is 4.11. The molecule has 0 bridgehead atoms. The number of hydrogen-bond donors (Lipinski definition) is 3. The number of carbonyl (C=O) groups is 1. The average Bonchev–Trinajstić information content (AvgIpc) is 2.36. The molecule has 2 aromatic carbocycles. The van der Waals surface area contributed by atoms with E-state index in [0.717, 1.165) is 11.8 Å². The number of nitrogens with one attached hydrogen (secondary N) is 1. The quantitative estimate of drug-likeness (QED) is 0.789. The summed E-state index contributed by atoms with van der Waals surface area (Å²) >= 11 is 0. The van der Waals surface area contributed by atoms with E-state index in [2.05, 4.69) is 5.32 Å². The first kappa shape index (κ1) is 12.9. The molecule has 0 heterocycles. The summed E-state index contributed by atoms with van der Waals surface area (Å²) in [5, 5.41) is 12.3. The van der Waals surface area contributed by atoms with Gasteiger partial charge >= 0.3 is 0 Å². The Morgan fingerprint density at radius 1 is 1.21 bits per heavy atom. The molecular formula is C14H13FN2O2. The zero-order valence-electron chi connectivity index (χ0n) is 10.1. The maximum Gasteiger partial charge on any atom is 0.248 e. The van der Waals surface area contributed by atoms with Crippen LogP contribution in [-0.2, 0) is 6.54 Å². The van der Waals surface area contributed by atoms with Crippen LogP contribution in [0.4, 0.5) is 10.1 Å². The minimum absolute atomic E-state index is 0.110. The number of phenolic OH excluding ortho intramolecular Hbond substituents is 1. The van der Waals surface area contributed by atoms with E-state index >= 15 is 0 Å². The van der Waals surface area contributed by atoms with Crippen LogP contribution in [-0.4, -0.2) is 11.0 Å². The summed E-state index contributed by atoms with van der Waals surface area (Å²) in [6.45, 7) is 0.362. The fourth-order valence-corrected chi connectivity index (χ4v) is 1.69. The maximum atomic E-state index is 13.1. The van der Waals surface area contributed by atoms with Gasteiger partial charge in [0.2, 0.25) is 5.91 Å². The van der Waals surface area contributed by atoms with Crippen LogP contribution < -0.4 is 11.1 Å². The zero-order chi connectivity index (χ0) is 13.8. The molecule has 0 saturated carbocycles. The Morgan fingerprint density at radius 2 is 1.89 bits per heavy atom. The Bertz CT molecular complexity index is 577. The molecule has 1 amide bonds. The van der Waals surface area contributed by atoms with Crippen molar-refractivity contribution in [2.24, 2.45) is 5.73 Å². The molecule has 2 rings (SSSR count). The topological polar surface area (TPSA) is 75.4 Å². The third-order valence-electron chi connectivity index (χ3n) is 2.61. The van der Waals surface area contributed by atoms with Gasteiger partial charge in [0.25, 0.3) is 0 Å². The highest BCUT2D eigenvalue weighted by molar-refractivity contribution is 5.93. The van der Waals surface area contributed by atoms with E-state index in [1.807, 2.05) is 0 Å². The smallest absolute Gasteiger partial charge is 0.248 e. The molecule has 0 unspecified atom stereocenters. The molecule has 0 aromatic heterocycles. The van der Waals surface area contributed by atoms with Gasteiger partial charge in [-0.05, 0) is 42.0 Å². The number of amides is 1. The molecule has 0 aliphatic heterocycles. The van der Waals surface area contributed by atoms with Crippen molar-refractivity contribution in [2.75, 3.05) is 5.32 Å². The minimum atomic E-state index is -0.485. The molecular weight excluding hydrogens is 247 g/mol. The van der Waals surface area contributed by atoms with Gasteiger partial charge in [0.05, 0.1) is 0 Å². The van der Waals surface area contributed by atoms with Crippen LogP contribution in [0.2, 0.25) is 0 Å². The number of hydrogen-bond acceptors (Lipinski definition) is 3. The molecule has 4 nitrogen and oxygen atoms in total. The molecule has 0 saturated heterocycles. The summed E-state index contributed by atoms with van der Waals surface area (Å²) in [6, 6.07) is 10.5. The molecule has 0 atom stereocenters. The van der Waals surface area contributed by atoms with Crippen LogP contribution in [0.15, 0.2) is 42.5 Å². The number of anilines is 1. The largest absolute Gasteiger partial charge is 0.508 e. The molecule has 19 heavy (non-hydrogen) atoms. The van der Waals surface area contributed by atoms with Crippen molar-refractivity contribution >= 4 is 11.6 Å². The monoisotopic (exact) mass is 260 g/mol. The predicted molar refractivity (Wildman–Crippen MR) is 70.4 cm³/mol. The van der Waals surface area contributed by atoms with E-state index < -0.39 is 11.7 Å². The first-order chi connectivity index (χ1) is 9.04. The second kappa shape index (κ2) is 5.39. The lowest BCUT2D eigenvalue weighted by Gasteiger charge is -2.07.